The number of rotatable bonds is 9. The number of amides is 1. The number of carbonyl (C=O) groups excluding carboxylic acids is 1. The molecule has 1 aliphatic rings. The van der Waals surface area contributed by atoms with Crippen molar-refractivity contribution in [1.82, 2.24) is 4.57 Å². The number of benzene rings is 2. The first-order valence-electron chi connectivity index (χ1n) is 12.2. The molecule has 0 saturated heterocycles. The SMILES string of the molecule is C[C@@H](OC(=O)Nc1ccc(-c2c(N)c3ccc(OCCCS(C)(=O)=O)cc3n2C2CCC2)cc1)C(F)(F)F. The van der Waals surface area contributed by atoms with Crippen LogP contribution in [0.3, 0.4) is 0 Å². The summed E-state index contributed by atoms with van der Waals surface area (Å²) in [5.41, 5.74) is 9.94. The lowest BCUT2D eigenvalue weighted by atomic mass is 9.92. The van der Waals surface area contributed by atoms with E-state index in [1.807, 2.05) is 12.1 Å². The van der Waals surface area contributed by atoms with Gasteiger partial charge in [0.2, 0.25) is 0 Å². The highest BCUT2D eigenvalue weighted by atomic mass is 32.2. The number of hydrogen-bond acceptors (Lipinski definition) is 6. The van der Waals surface area contributed by atoms with Gasteiger partial charge in [-0.1, -0.05) is 12.1 Å². The molecule has 0 bridgehead atoms. The second kappa shape index (κ2) is 10.8. The summed E-state index contributed by atoms with van der Waals surface area (Å²) in [6.07, 6.45) is -3.43. The van der Waals surface area contributed by atoms with Gasteiger partial charge in [0, 0.05) is 35.0 Å². The second-order valence-electron chi connectivity index (χ2n) is 9.52. The van der Waals surface area contributed by atoms with Gasteiger partial charge in [-0.2, -0.15) is 13.2 Å². The minimum atomic E-state index is -4.64. The number of fused-ring (bicyclic) bond motifs is 1. The van der Waals surface area contributed by atoms with Gasteiger partial charge in [-0.25, -0.2) is 13.2 Å². The van der Waals surface area contributed by atoms with Crippen LogP contribution in [-0.2, 0) is 14.6 Å². The smallest absolute Gasteiger partial charge is 0.425 e. The van der Waals surface area contributed by atoms with Gasteiger partial charge in [-0.3, -0.25) is 5.32 Å². The molecule has 1 fully saturated rings. The maximum absolute atomic E-state index is 12.6. The summed E-state index contributed by atoms with van der Waals surface area (Å²) < 4.78 is 73.0. The predicted octanol–water partition coefficient (Wildman–Crippen LogP) is 5.93. The van der Waals surface area contributed by atoms with E-state index in [0.717, 1.165) is 48.3 Å². The number of nitrogen functional groups attached to an aromatic ring is 1. The molecule has 1 heterocycles. The first-order chi connectivity index (χ1) is 17.8. The molecule has 1 aromatic heterocycles. The van der Waals surface area contributed by atoms with E-state index < -0.39 is 28.2 Å². The van der Waals surface area contributed by atoms with Crippen molar-refractivity contribution in [2.24, 2.45) is 0 Å². The highest BCUT2D eigenvalue weighted by molar-refractivity contribution is 7.90. The van der Waals surface area contributed by atoms with Crippen molar-refractivity contribution in [3.63, 3.8) is 0 Å². The van der Waals surface area contributed by atoms with Gasteiger partial charge >= 0.3 is 12.3 Å². The lowest BCUT2D eigenvalue weighted by Crippen LogP contribution is -2.32. The predicted molar refractivity (Wildman–Crippen MR) is 140 cm³/mol. The van der Waals surface area contributed by atoms with Crippen molar-refractivity contribution in [2.75, 3.05) is 29.7 Å². The van der Waals surface area contributed by atoms with E-state index >= 15 is 0 Å². The Kier molecular flexibility index (Phi) is 7.82. The summed E-state index contributed by atoms with van der Waals surface area (Å²) >= 11 is 0. The average molecular weight is 554 g/mol. The number of nitrogens with zero attached hydrogens (tertiary/aromatic N) is 1. The van der Waals surface area contributed by atoms with Gasteiger partial charge < -0.3 is 19.8 Å². The Morgan fingerprint density at radius 1 is 1.18 bits per heavy atom. The molecule has 0 aliphatic heterocycles. The van der Waals surface area contributed by atoms with Crippen LogP contribution in [0.4, 0.5) is 29.3 Å². The number of sulfone groups is 1. The number of carbonyl (C=O) groups is 1. The minimum Gasteiger partial charge on any atom is -0.493 e. The molecular formula is C26H30F3N3O5S. The van der Waals surface area contributed by atoms with E-state index in [4.69, 9.17) is 10.5 Å². The van der Waals surface area contributed by atoms with Crippen molar-refractivity contribution in [2.45, 2.75) is 50.9 Å². The standard InChI is InChI=1S/C26H30F3N3O5S/c1-16(26(27,28)29)37-25(33)31-18-9-7-17(8-10-18)24-23(30)21-12-11-20(36-13-4-14-38(2,34)35)15-22(21)32(24)19-5-3-6-19/h7-12,15-16,19H,3-6,13-14,30H2,1-2H3,(H,31,33)/t16-/m1/s1. The van der Waals surface area contributed by atoms with Crippen molar-refractivity contribution in [3.05, 3.63) is 42.5 Å². The zero-order chi connectivity index (χ0) is 27.7. The van der Waals surface area contributed by atoms with Crippen LogP contribution in [0.25, 0.3) is 22.2 Å². The molecule has 1 atom stereocenters. The zero-order valence-electron chi connectivity index (χ0n) is 21.0. The highest BCUT2D eigenvalue weighted by Gasteiger charge is 2.39. The van der Waals surface area contributed by atoms with Crippen LogP contribution in [0.1, 0.15) is 38.6 Å². The molecule has 0 unspecified atom stereocenters. The van der Waals surface area contributed by atoms with Gasteiger partial charge in [0.05, 0.1) is 29.3 Å². The zero-order valence-corrected chi connectivity index (χ0v) is 21.9. The van der Waals surface area contributed by atoms with Crippen LogP contribution < -0.4 is 15.8 Å². The lowest BCUT2D eigenvalue weighted by molar-refractivity contribution is -0.196. The van der Waals surface area contributed by atoms with Crippen molar-refractivity contribution < 1.29 is 35.9 Å². The average Bonchev–Trinajstić information content (AvgIpc) is 3.06. The molecular weight excluding hydrogens is 523 g/mol. The molecule has 1 saturated carbocycles. The Morgan fingerprint density at radius 2 is 1.87 bits per heavy atom. The van der Waals surface area contributed by atoms with Crippen molar-refractivity contribution >= 4 is 38.2 Å². The number of alkyl halides is 3. The summed E-state index contributed by atoms with van der Waals surface area (Å²) in [6.45, 7) is 1.03. The Labute approximate surface area is 218 Å². The largest absolute Gasteiger partial charge is 0.493 e. The first kappa shape index (κ1) is 27.6. The third-order valence-electron chi connectivity index (χ3n) is 6.53. The summed E-state index contributed by atoms with van der Waals surface area (Å²) in [7, 11) is -3.06. The number of ether oxygens (including phenoxy) is 2. The van der Waals surface area contributed by atoms with Crippen molar-refractivity contribution in [1.29, 1.82) is 0 Å². The van der Waals surface area contributed by atoms with Crippen LogP contribution in [0.5, 0.6) is 5.75 Å². The molecule has 12 heteroatoms. The van der Waals surface area contributed by atoms with Gasteiger partial charge in [0.25, 0.3) is 0 Å². The monoisotopic (exact) mass is 553 g/mol. The highest BCUT2D eigenvalue weighted by Crippen LogP contribution is 2.45. The number of halogens is 3. The molecule has 2 aromatic carbocycles. The summed E-state index contributed by atoms with van der Waals surface area (Å²) in [5.74, 6) is 0.663. The first-order valence-corrected chi connectivity index (χ1v) is 14.3. The fraction of sp³-hybridized carbons (Fsp3) is 0.423. The fourth-order valence-corrected chi connectivity index (χ4v) is 4.96. The van der Waals surface area contributed by atoms with E-state index in [-0.39, 0.29) is 24.1 Å². The van der Waals surface area contributed by atoms with Gasteiger partial charge in [-0.05, 0) is 56.9 Å². The Bertz CT molecular complexity index is 1410. The Morgan fingerprint density at radius 3 is 2.45 bits per heavy atom. The lowest BCUT2D eigenvalue weighted by Gasteiger charge is -2.30. The maximum Gasteiger partial charge on any atom is 0.425 e. The molecule has 0 spiro atoms. The number of anilines is 2. The van der Waals surface area contributed by atoms with Crippen molar-refractivity contribution in [3.8, 4) is 17.0 Å². The van der Waals surface area contributed by atoms with Gasteiger partial charge in [-0.15, -0.1) is 0 Å². The third-order valence-corrected chi connectivity index (χ3v) is 7.56. The van der Waals surface area contributed by atoms with E-state index in [0.29, 0.717) is 17.9 Å². The summed E-state index contributed by atoms with van der Waals surface area (Å²) in [6, 6.07) is 12.5. The second-order valence-corrected chi connectivity index (χ2v) is 11.8. The molecule has 8 nitrogen and oxygen atoms in total. The van der Waals surface area contributed by atoms with E-state index in [1.54, 1.807) is 30.3 Å². The molecule has 1 amide bonds. The molecule has 1 aliphatic carbocycles. The van der Waals surface area contributed by atoms with Crippen LogP contribution in [-0.4, -0.2) is 50.0 Å². The van der Waals surface area contributed by atoms with Crippen LogP contribution in [0.15, 0.2) is 42.5 Å². The molecule has 3 N–H and O–H groups in total. The molecule has 38 heavy (non-hydrogen) atoms. The molecule has 4 rings (SSSR count). The fourth-order valence-electron chi connectivity index (χ4n) is 4.32. The molecule has 3 aromatic rings. The number of nitrogens with one attached hydrogen (secondary N) is 1. The Balaban J connectivity index is 1.57. The van der Waals surface area contributed by atoms with Crippen LogP contribution >= 0.6 is 0 Å². The van der Waals surface area contributed by atoms with Crippen LogP contribution in [0, 0.1) is 0 Å². The topological polar surface area (TPSA) is 113 Å². The maximum atomic E-state index is 12.6. The molecule has 0 radical (unpaired) electrons. The number of nitrogens with two attached hydrogens (primary N) is 1. The van der Waals surface area contributed by atoms with Gasteiger partial charge in [0.15, 0.2) is 6.10 Å². The summed E-state index contributed by atoms with van der Waals surface area (Å²) in [4.78, 5) is 11.9. The molecule has 206 valence electrons. The Hall–Kier alpha value is -3.41. The van der Waals surface area contributed by atoms with E-state index in [2.05, 4.69) is 14.6 Å². The van der Waals surface area contributed by atoms with Gasteiger partial charge in [0.1, 0.15) is 15.6 Å². The normalized spacial score (nSPS) is 15.2. The quantitative estimate of drug-likeness (QED) is 0.318. The van der Waals surface area contributed by atoms with E-state index in [9.17, 15) is 26.4 Å². The summed E-state index contributed by atoms with van der Waals surface area (Å²) in [5, 5.41) is 3.16. The van der Waals surface area contributed by atoms with E-state index in [1.165, 1.54) is 6.26 Å². The number of hydrogen-bond donors (Lipinski definition) is 2. The minimum absolute atomic E-state index is 0.0503. The van der Waals surface area contributed by atoms with Crippen LogP contribution in [0.2, 0.25) is 0 Å². The third kappa shape index (κ3) is 6.35. The number of aromatic nitrogens is 1.